The molecule has 0 atom stereocenters. The Labute approximate surface area is 183 Å². The fourth-order valence-corrected chi connectivity index (χ4v) is 4.58. The average molecular weight is 519 g/mol. The lowest BCUT2D eigenvalue weighted by atomic mass is 9.99. The van der Waals surface area contributed by atoms with Crippen LogP contribution in [0.4, 0.5) is 0 Å². The number of halogens is 1. The molecule has 1 heterocycles. The van der Waals surface area contributed by atoms with Crippen LogP contribution in [0.25, 0.3) is 0 Å². The molecule has 0 aliphatic carbocycles. The second-order valence-electron chi connectivity index (χ2n) is 7.61. The van der Waals surface area contributed by atoms with Crippen LogP contribution < -0.4 is 10.6 Å². The largest absolute Gasteiger partial charge is 0.381 e. The van der Waals surface area contributed by atoms with Gasteiger partial charge < -0.3 is 15.4 Å². The van der Waals surface area contributed by atoms with Crippen molar-refractivity contribution in [2.45, 2.75) is 64.3 Å². The molecule has 27 heavy (non-hydrogen) atoms. The van der Waals surface area contributed by atoms with E-state index in [1.54, 1.807) is 0 Å². The Morgan fingerprint density at radius 1 is 1.15 bits per heavy atom. The van der Waals surface area contributed by atoms with Crippen LogP contribution in [0.2, 0.25) is 0 Å². The third-order valence-corrected chi connectivity index (χ3v) is 7.16. The van der Waals surface area contributed by atoms with Crippen LogP contribution in [0, 0.1) is 0 Å². The van der Waals surface area contributed by atoms with Crippen LogP contribution in [0.3, 0.4) is 0 Å². The summed E-state index contributed by atoms with van der Waals surface area (Å²) in [4.78, 5) is 7.01. The number of sulfone groups is 1. The molecule has 9 heteroatoms. The second-order valence-corrected chi connectivity index (χ2v) is 10.0. The zero-order valence-electron chi connectivity index (χ0n) is 17.7. The molecule has 0 unspecified atom stereocenters. The second kappa shape index (κ2) is 12.4. The van der Waals surface area contributed by atoms with Crippen molar-refractivity contribution in [3.05, 3.63) is 0 Å². The van der Waals surface area contributed by atoms with Crippen molar-refractivity contribution < 1.29 is 13.2 Å². The Hall–Kier alpha value is -0.130. The highest BCUT2D eigenvalue weighted by Crippen LogP contribution is 2.29. The minimum atomic E-state index is -3.21. The molecule has 1 aliphatic heterocycles. The van der Waals surface area contributed by atoms with Crippen LogP contribution >= 0.6 is 24.0 Å². The third kappa shape index (κ3) is 8.41. The van der Waals surface area contributed by atoms with Gasteiger partial charge in [-0.3, -0.25) is 9.89 Å². The van der Waals surface area contributed by atoms with Crippen molar-refractivity contribution >= 4 is 39.8 Å². The minimum absolute atomic E-state index is 0. The van der Waals surface area contributed by atoms with Crippen molar-refractivity contribution in [3.8, 4) is 0 Å². The molecule has 0 spiro atoms. The maximum absolute atomic E-state index is 12.4. The van der Waals surface area contributed by atoms with Crippen LogP contribution in [0.15, 0.2) is 4.99 Å². The smallest absolute Gasteiger partial charge is 0.191 e. The third-order valence-electron chi connectivity index (χ3n) is 5.05. The fourth-order valence-electron chi connectivity index (χ4n) is 3.37. The van der Waals surface area contributed by atoms with Crippen molar-refractivity contribution in [1.82, 2.24) is 15.5 Å². The summed E-state index contributed by atoms with van der Waals surface area (Å²) in [6, 6.07) is 0.958. The van der Waals surface area contributed by atoms with Crippen molar-refractivity contribution in [2.75, 3.05) is 45.6 Å². The zero-order valence-corrected chi connectivity index (χ0v) is 20.9. The molecule has 0 amide bonds. The van der Waals surface area contributed by atoms with Crippen molar-refractivity contribution in [1.29, 1.82) is 0 Å². The van der Waals surface area contributed by atoms with E-state index in [1.807, 2.05) is 6.92 Å². The van der Waals surface area contributed by atoms with Gasteiger partial charge in [-0.05, 0) is 47.5 Å². The Bertz CT molecular complexity index is 539. The van der Waals surface area contributed by atoms with Gasteiger partial charge in [0.25, 0.3) is 0 Å². The fraction of sp³-hybridized carbons (Fsp3) is 0.944. The summed E-state index contributed by atoms with van der Waals surface area (Å²) in [6.45, 7) is 14.4. The highest BCUT2D eigenvalue weighted by molar-refractivity contribution is 14.0. The lowest BCUT2D eigenvalue weighted by Gasteiger charge is -2.34. The number of hydrogen-bond donors (Lipinski definition) is 2. The molecule has 1 rings (SSSR count). The Morgan fingerprint density at radius 2 is 1.70 bits per heavy atom. The molecule has 0 radical (unpaired) electrons. The van der Waals surface area contributed by atoms with Gasteiger partial charge in [0.05, 0.1) is 11.3 Å². The molecule has 0 aromatic rings. The average Bonchev–Trinajstić information content (AvgIpc) is 2.55. The molecule has 1 fully saturated rings. The number of nitrogens with one attached hydrogen (secondary N) is 2. The van der Waals surface area contributed by atoms with Crippen LogP contribution in [0.5, 0.6) is 0 Å². The molecule has 2 N–H and O–H groups in total. The van der Waals surface area contributed by atoms with E-state index in [2.05, 4.69) is 48.2 Å². The van der Waals surface area contributed by atoms with Gasteiger partial charge in [-0.15, -0.1) is 24.0 Å². The van der Waals surface area contributed by atoms with Gasteiger partial charge >= 0.3 is 0 Å². The quantitative estimate of drug-likeness (QED) is 0.276. The lowest BCUT2D eigenvalue weighted by Crippen LogP contribution is -2.48. The van der Waals surface area contributed by atoms with E-state index < -0.39 is 14.6 Å². The van der Waals surface area contributed by atoms with Gasteiger partial charge in [0.1, 0.15) is 0 Å². The molecule has 0 aromatic carbocycles. The van der Waals surface area contributed by atoms with E-state index in [-0.39, 0.29) is 30.5 Å². The van der Waals surface area contributed by atoms with E-state index >= 15 is 0 Å². The maximum atomic E-state index is 12.4. The number of aliphatic imine (C=N–C) groups is 1. The lowest BCUT2D eigenvalue weighted by molar-refractivity contribution is 0.0768. The number of nitrogens with zero attached hydrogens (tertiary/aromatic N) is 2. The van der Waals surface area contributed by atoms with Crippen molar-refractivity contribution in [2.24, 2.45) is 4.99 Å². The molecular formula is C18H39IN4O3S. The van der Waals surface area contributed by atoms with E-state index in [9.17, 15) is 8.42 Å². The van der Waals surface area contributed by atoms with Crippen LogP contribution in [-0.4, -0.2) is 81.8 Å². The zero-order chi connectivity index (χ0) is 19.8. The summed E-state index contributed by atoms with van der Waals surface area (Å²) in [6.07, 6.45) is 2.32. The van der Waals surface area contributed by atoms with Gasteiger partial charge in [0.15, 0.2) is 15.8 Å². The predicted octanol–water partition coefficient (Wildman–Crippen LogP) is 1.87. The molecule has 0 bridgehead atoms. The predicted molar refractivity (Wildman–Crippen MR) is 124 cm³/mol. The Morgan fingerprint density at radius 3 is 2.15 bits per heavy atom. The molecule has 1 saturated heterocycles. The van der Waals surface area contributed by atoms with Crippen LogP contribution in [-0.2, 0) is 14.6 Å². The molecular weight excluding hydrogens is 479 g/mol. The van der Waals surface area contributed by atoms with Gasteiger partial charge in [-0.1, -0.05) is 0 Å². The Kier molecular flexibility index (Phi) is 12.4. The minimum Gasteiger partial charge on any atom is -0.381 e. The Balaban J connectivity index is 0.00000676. The molecule has 7 nitrogen and oxygen atoms in total. The topological polar surface area (TPSA) is 83.0 Å². The van der Waals surface area contributed by atoms with Crippen molar-refractivity contribution in [3.63, 3.8) is 0 Å². The maximum Gasteiger partial charge on any atom is 0.191 e. The highest BCUT2D eigenvalue weighted by Gasteiger charge is 2.42. The van der Waals surface area contributed by atoms with E-state index in [0.29, 0.717) is 44.1 Å². The number of hydrogen-bond acceptors (Lipinski definition) is 5. The van der Waals surface area contributed by atoms with Gasteiger partial charge in [-0.25, -0.2) is 8.42 Å². The first-order valence-electron chi connectivity index (χ1n) is 9.68. The molecule has 162 valence electrons. The number of guanidine groups is 1. The van der Waals surface area contributed by atoms with Gasteiger partial charge in [0.2, 0.25) is 0 Å². The highest BCUT2D eigenvalue weighted by atomic mass is 127. The SMILES string of the molecule is CCNC(=NCC1(S(C)(=O)=O)CCOCC1)NCCN(C(C)C)C(C)C.I. The summed E-state index contributed by atoms with van der Waals surface area (Å²) < 4.78 is 29.3. The monoisotopic (exact) mass is 518 g/mol. The van der Waals surface area contributed by atoms with Crippen LogP contribution in [0.1, 0.15) is 47.5 Å². The molecule has 0 saturated carbocycles. The summed E-state index contributed by atoms with van der Waals surface area (Å²) in [5.41, 5.74) is 0. The summed E-state index contributed by atoms with van der Waals surface area (Å²) in [7, 11) is -3.21. The van der Waals surface area contributed by atoms with E-state index in [4.69, 9.17) is 4.74 Å². The molecule has 1 aliphatic rings. The number of ether oxygens (including phenoxy) is 1. The van der Waals surface area contributed by atoms with E-state index in [1.165, 1.54) is 6.26 Å². The number of rotatable bonds is 9. The summed E-state index contributed by atoms with van der Waals surface area (Å²) in [5, 5.41) is 6.56. The normalized spacial score (nSPS) is 17.9. The van der Waals surface area contributed by atoms with Gasteiger partial charge in [0, 0.05) is 51.2 Å². The first-order valence-corrected chi connectivity index (χ1v) is 11.6. The van der Waals surface area contributed by atoms with Gasteiger partial charge in [-0.2, -0.15) is 0 Å². The molecule has 0 aromatic heterocycles. The first kappa shape index (κ1) is 26.9. The summed E-state index contributed by atoms with van der Waals surface area (Å²) >= 11 is 0. The standard InChI is InChI=1S/C18H38N4O3S.HI/c1-7-19-17(20-10-11-22(15(2)3)16(4)5)21-14-18(26(6,23)24)8-12-25-13-9-18;/h15-16H,7-14H2,1-6H3,(H2,19,20,21);1H. The van der Waals surface area contributed by atoms with E-state index in [0.717, 1.165) is 19.6 Å². The summed E-state index contributed by atoms with van der Waals surface area (Å²) in [5.74, 6) is 0.675. The first-order chi connectivity index (χ1) is 12.1.